The average Bonchev–Trinajstić information content (AvgIpc) is 3.28. The van der Waals surface area contributed by atoms with Crippen LogP contribution in [0.1, 0.15) is 38.4 Å². The maximum atomic E-state index is 12.8. The molecule has 1 aromatic heterocycles. The first kappa shape index (κ1) is 20.2. The Morgan fingerprint density at radius 2 is 2.00 bits per heavy atom. The molecule has 4 amide bonds. The minimum Gasteiger partial charge on any atom is -0.336 e. The van der Waals surface area contributed by atoms with E-state index >= 15 is 0 Å². The Kier molecular flexibility index (Phi) is 5.11. The summed E-state index contributed by atoms with van der Waals surface area (Å²) in [5.41, 5.74) is -0.923. The molecule has 2 heterocycles. The van der Waals surface area contributed by atoms with Crippen LogP contribution in [0.4, 0.5) is 18.0 Å². The van der Waals surface area contributed by atoms with Crippen LogP contribution in [0.15, 0.2) is 12.4 Å². The zero-order chi connectivity index (χ0) is 20.7. The molecule has 28 heavy (non-hydrogen) atoms. The maximum Gasteiger partial charge on any atom is 0.406 e. The first-order chi connectivity index (χ1) is 13.0. The number of nitrogens with zero attached hydrogens (tertiary/aromatic N) is 4. The molecule has 154 valence electrons. The fourth-order valence-electron chi connectivity index (χ4n) is 3.86. The Labute approximate surface area is 159 Å². The van der Waals surface area contributed by atoms with E-state index in [0.717, 1.165) is 22.3 Å². The topological polar surface area (TPSA) is 87.5 Å². The SMILES string of the molecule is CC(C(=O)N(C)Cc1nccn1CC(F)(F)F)N1C(=O)NC2(CCCC2)C1=O. The van der Waals surface area contributed by atoms with E-state index in [4.69, 9.17) is 0 Å². The molecule has 2 aliphatic rings. The van der Waals surface area contributed by atoms with Crippen LogP contribution in [-0.4, -0.2) is 62.0 Å². The summed E-state index contributed by atoms with van der Waals surface area (Å²) < 4.78 is 38.8. The van der Waals surface area contributed by atoms with E-state index in [2.05, 4.69) is 10.3 Å². The molecule has 11 heteroatoms. The lowest BCUT2D eigenvalue weighted by Gasteiger charge is -2.27. The first-order valence-electron chi connectivity index (χ1n) is 9.02. The van der Waals surface area contributed by atoms with Crippen molar-refractivity contribution in [2.24, 2.45) is 0 Å². The summed E-state index contributed by atoms with van der Waals surface area (Å²) in [6.07, 6.45) is 0.726. The van der Waals surface area contributed by atoms with Crippen molar-refractivity contribution in [3.05, 3.63) is 18.2 Å². The Hall–Kier alpha value is -2.59. The van der Waals surface area contributed by atoms with Gasteiger partial charge in [-0.05, 0) is 19.8 Å². The molecule has 1 saturated carbocycles. The predicted molar refractivity (Wildman–Crippen MR) is 90.8 cm³/mol. The highest BCUT2D eigenvalue weighted by Crippen LogP contribution is 2.36. The largest absolute Gasteiger partial charge is 0.406 e. The number of rotatable bonds is 5. The summed E-state index contributed by atoms with van der Waals surface area (Å²) in [7, 11) is 1.40. The Balaban J connectivity index is 1.69. The van der Waals surface area contributed by atoms with Gasteiger partial charge in [0.15, 0.2) is 0 Å². The van der Waals surface area contributed by atoms with Gasteiger partial charge in [-0.2, -0.15) is 13.2 Å². The molecule has 1 N–H and O–H groups in total. The number of hydrogen-bond donors (Lipinski definition) is 1. The Morgan fingerprint density at radius 1 is 1.36 bits per heavy atom. The maximum absolute atomic E-state index is 12.8. The second-order valence-corrected chi connectivity index (χ2v) is 7.35. The van der Waals surface area contributed by atoms with Crippen molar-refractivity contribution in [1.29, 1.82) is 0 Å². The van der Waals surface area contributed by atoms with Crippen LogP contribution < -0.4 is 5.32 Å². The van der Waals surface area contributed by atoms with Gasteiger partial charge < -0.3 is 14.8 Å². The second-order valence-electron chi connectivity index (χ2n) is 7.35. The lowest BCUT2D eigenvalue weighted by Crippen LogP contribution is -2.50. The quantitative estimate of drug-likeness (QED) is 0.761. The van der Waals surface area contributed by atoms with Crippen LogP contribution in [0.3, 0.4) is 0 Å². The van der Waals surface area contributed by atoms with Crippen LogP contribution in [0.5, 0.6) is 0 Å². The van der Waals surface area contributed by atoms with Crippen molar-refractivity contribution in [3.8, 4) is 0 Å². The summed E-state index contributed by atoms with van der Waals surface area (Å²) in [4.78, 5) is 43.8. The second kappa shape index (κ2) is 7.10. The van der Waals surface area contributed by atoms with Gasteiger partial charge >= 0.3 is 12.2 Å². The van der Waals surface area contributed by atoms with Crippen LogP contribution in [-0.2, 0) is 22.7 Å². The van der Waals surface area contributed by atoms with E-state index in [1.807, 2.05) is 0 Å². The molecule has 0 radical (unpaired) electrons. The van der Waals surface area contributed by atoms with Gasteiger partial charge in [0.2, 0.25) is 5.91 Å². The van der Waals surface area contributed by atoms with Crippen molar-refractivity contribution in [1.82, 2.24) is 24.7 Å². The number of carbonyl (C=O) groups excluding carboxylic acids is 3. The summed E-state index contributed by atoms with van der Waals surface area (Å²) in [5.74, 6) is -0.909. The fraction of sp³-hybridized carbons (Fsp3) is 0.647. The molecule has 1 spiro atoms. The number of imide groups is 1. The molecule has 1 aliphatic heterocycles. The highest BCUT2D eigenvalue weighted by molar-refractivity contribution is 6.09. The molecule has 8 nitrogen and oxygen atoms in total. The number of hydrogen-bond acceptors (Lipinski definition) is 4. The van der Waals surface area contributed by atoms with E-state index in [1.54, 1.807) is 0 Å². The molecule has 0 aromatic carbocycles. The third kappa shape index (κ3) is 3.69. The van der Waals surface area contributed by atoms with Crippen LogP contribution in [0.2, 0.25) is 0 Å². The lowest BCUT2D eigenvalue weighted by molar-refractivity contribution is -0.143. The molecule has 1 atom stereocenters. The highest BCUT2D eigenvalue weighted by atomic mass is 19.4. The summed E-state index contributed by atoms with van der Waals surface area (Å²) in [6, 6.07) is -1.68. The number of alkyl halides is 3. The number of halogens is 3. The van der Waals surface area contributed by atoms with E-state index in [1.165, 1.54) is 31.3 Å². The standard InChI is InChI=1S/C17H22F3N5O3/c1-11(25-14(27)16(22-15(25)28)5-3-4-6-16)13(26)23(2)9-12-21-7-8-24(12)10-17(18,19)20/h7-8,11H,3-6,9-10H2,1-2H3,(H,22,28). The smallest absolute Gasteiger partial charge is 0.336 e. The number of carbonyl (C=O) groups is 3. The zero-order valence-electron chi connectivity index (χ0n) is 15.6. The van der Waals surface area contributed by atoms with E-state index in [0.29, 0.717) is 12.8 Å². The van der Waals surface area contributed by atoms with E-state index in [9.17, 15) is 27.6 Å². The van der Waals surface area contributed by atoms with Crippen molar-refractivity contribution in [3.63, 3.8) is 0 Å². The van der Waals surface area contributed by atoms with Gasteiger partial charge in [-0.1, -0.05) is 12.8 Å². The average molecular weight is 401 g/mol. The summed E-state index contributed by atoms with van der Waals surface area (Å²) in [6.45, 7) is 0.0446. The molecule has 1 saturated heterocycles. The molecular weight excluding hydrogens is 379 g/mol. The minimum atomic E-state index is -4.42. The number of aromatic nitrogens is 2. The van der Waals surface area contributed by atoms with Gasteiger partial charge in [0.05, 0.1) is 6.54 Å². The highest BCUT2D eigenvalue weighted by Gasteiger charge is 2.54. The van der Waals surface area contributed by atoms with Crippen molar-refractivity contribution < 1.29 is 27.6 Å². The Morgan fingerprint density at radius 3 is 2.61 bits per heavy atom. The van der Waals surface area contributed by atoms with Crippen molar-refractivity contribution in [2.75, 3.05) is 7.05 Å². The normalized spacial score (nSPS) is 20.0. The zero-order valence-corrected chi connectivity index (χ0v) is 15.6. The van der Waals surface area contributed by atoms with Crippen molar-refractivity contribution >= 4 is 17.8 Å². The number of amides is 4. The summed E-state index contributed by atoms with van der Waals surface area (Å²) >= 11 is 0. The molecule has 1 aromatic rings. The molecule has 0 bridgehead atoms. The number of nitrogens with one attached hydrogen (secondary N) is 1. The van der Waals surface area contributed by atoms with E-state index < -0.39 is 42.1 Å². The third-order valence-electron chi connectivity index (χ3n) is 5.30. The monoisotopic (exact) mass is 401 g/mol. The van der Waals surface area contributed by atoms with Gasteiger partial charge in [-0.3, -0.25) is 9.59 Å². The van der Waals surface area contributed by atoms with Gasteiger partial charge in [-0.15, -0.1) is 0 Å². The summed E-state index contributed by atoms with van der Waals surface area (Å²) in [5, 5.41) is 2.71. The molecular formula is C17H22F3N5O3. The molecule has 1 unspecified atom stereocenters. The number of likely N-dealkylation sites (N-methyl/N-ethyl adjacent to an activating group) is 1. The van der Waals surface area contributed by atoms with Gasteiger partial charge in [0.1, 0.15) is 23.9 Å². The van der Waals surface area contributed by atoms with Crippen LogP contribution in [0.25, 0.3) is 0 Å². The first-order valence-corrected chi connectivity index (χ1v) is 9.02. The van der Waals surface area contributed by atoms with Gasteiger partial charge in [-0.25, -0.2) is 14.7 Å². The Bertz CT molecular complexity index is 785. The predicted octanol–water partition coefficient (Wildman–Crippen LogP) is 1.66. The fourth-order valence-corrected chi connectivity index (χ4v) is 3.86. The molecule has 3 rings (SSSR count). The van der Waals surface area contributed by atoms with Crippen molar-refractivity contribution in [2.45, 2.75) is 63.5 Å². The van der Waals surface area contributed by atoms with Gasteiger partial charge in [0.25, 0.3) is 5.91 Å². The third-order valence-corrected chi connectivity index (χ3v) is 5.30. The van der Waals surface area contributed by atoms with Crippen LogP contribution >= 0.6 is 0 Å². The van der Waals surface area contributed by atoms with E-state index in [-0.39, 0.29) is 12.4 Å². The minimum absolute atomic E-state index is 0.0600. The molecule has 1 aliphatic carbocycles. The van der Waals surface area contributed by atoms with Gasteiger partial charge in [0, 0.05) is 19.4 Å². The van der Waals surface area contributed by atoms with Crippen LogP contribution in [0, 0.1) is 0 Å². The number of imidazole rings is 1. The number of urea groups is 1. The molecule has 2 fully saturated rings. The lowest BCUT2D eigenvalue weighted by atomic mass is 9.97.